The van der Waals surface area contributed by atoms with Gasteiger partial charge in [-0.05, 0) is 0 Å². The zero-order chi connectivity index (χ0) is 10.8. The molecule has 0 bridgehead atoms. The van der Waals surface area contributed by atoms with Crippen molar-refractivity contribution in [3.63, 3.8) is 0 Å². The summed E-state index contributed by atoms with van der Waals surface area (Å²) < 4.78 is 26.2. The lowest BCUT2D eigenvalue weighted by Gasteiger charge is -2.12. The predicted octanol–water partition coefficient (Wildman–Crippen LogP) is -0.913. The van der Waals surface area contributed by atoms with Crippen molar-refractivity contribution in [3.8, 4) is 0 Å². The van der Waals surface area contributed by atoms with Crippen molar-refractivity contribution in [1.82, 2.24) is 14.5 Å². The molecular formula is C6H13N5O2S. The van der Waals surface area contributed by atoms with E-state index in [0.717, 1.165) is 4.31 Å². The standard InChI is InChI=1S/C6H13N5O2S/c1-11(2)14(12,13)10-6-5(3-7)4-8-9-6/h4H,3,7H2,1-2H3,(H2,8,9,10). The third kappa shape index (κ3) is 2.22. The number of H-pyrrole nitrogens is 1. The van der Waals surface area contributed by atoms with E-state index in [1.165, 1.54) is 20.3 Å². The van der Waals surface area contributed by atoms with Gasteiger partial charge in [-0.15, -0.1) is 0 Å². The molecule has 8 heteroatoms. The SMILES string of the molecule is CN(C)S(=O)(=O)Nc1[nH]ncc1CN. The highest BCUT2D eigenvalue weighted by atomic mass is 32.2. The molecule has 0 aliphatic heterocycles. The molecule has 0 amide bonds. The Balaban J connectivity index is 2.89. The molecule has 80 valence electrons. The fourth-order valence-corrected chi connectivity index (χ4v) is 1.39. The van der Waals surface area contributed by atoms with Gasteiger partial charge in [0.15, 0.2) is 0 Å². The highest BCUT2D eigenvalue weighted by molar-refractivity contribution is 7.90. The molecule has 0 aliphatic rings. The molecule has 0 fully saturated rings. The van der Waals surface area contributed by atoms with Gasteiger partial charge in [-0.1, -0.05) is 0 Å². The number of nitrogens with two attached hydrogens (primary N) is 1. The van der Waals surface area contributed by atoms with Gasteiger partial charge in [-0.2, -0.15) is 17.8 Å². The quantitative estimate of drug-likeness (QED) is 0.609. The summed E-state index contributed by atoms with van der Waals surface area (Å²) in [6.07, 6.45) is 1.48. The van der Waals surface area contributed by atoms with E-state index in [4.69, 9.17) is 5.73 Å². The number of nitrogens with one attached hydrogen (secondary N) is 2. The van der Waals surface area contributed by atoms with Crippen molar-refractivity contribution >= 4 is 16.0 Å². The molecule has 0 saturated carbocycles. The Morgan fingerprint density at radius 2 is 2.29 bits per heavy atom. The van der Waals surface area contributed by atoms with Crippen molar-refractivity contribution in [2.45, 2.75) is 6.54 Å². The Labute approximate surface area is 82.5 Å². The van der Waals surface area contributed by atoms with Gasteiger partial charge in [0.2, 0.25) is 0 Å². The van der Waals surface area contributed by atoms with Gasteiger partial charge >= 0.3 is 10.2 Å². The molecule has 1 aromatic rings. The molecule has 1 aromatic heterocycles. The van der Waals surface area contributed by atoms with Crippen LogP contribution >= 0.6 is 0 Å². The highest BCUT2D eigenvalue weighted by Gasteiger charge is 2.15. The maximum atomic E-state index is 11.4. The summed E-state index contributed by atoms with van der Waals surface area (Å²) in [5.41, 5.74) is 6.00. The second kappa shape index (κ2) is 3.95. The maximum Gasteiger partial charge on any atom is 0.302 e. The first-order valence-electron chi connectivity index (χ1n) is 3.90. The molecule has 0 saturated heterocycles. The van der Waals surface area contributed by atoms with Crippen molar-refractivity contribution in [2.24, 2.45) is 5.73 Å². The first-order valence-corrected chi connectivity index (χ1v) is 5.34. The summed E-state index contributed by atoms with van der Waals surface area (Å²) in [6.45, 7) is 0.224. The van der Waals surface area contributed by atoms with Gasteiger partial charge in [0.05, 0.1) is 6.20 Å². The Bertz CT molecular complexity index is 396. The first-order chi connectivity index (χ1) is 6.47. The van der Waals surface area contributed by atoms with E-state index < -0.39 is 10.2 Å². The van der Waals surface area contributed by atoms with Crippen LogP contribution in [-0.4, -0.2) is 37.0 Å². The van der Waals surface area contributed by atoms with E-state index in [2.05, 4.69) is 14.9 Å². The summed E-state index contributed by atoms with van der Waals surface area (Å²) in [5.74, 6) is 0.307. The predicted molar refractivity (Wildman–Crippen MR) is 52.7 cm³/mol. The lowest BCUT2D eigenvalue weighted by atomic mass is 10.3. The Hall–Kier alpha value is -1.12. The monoisotopic (exact) mass is 219 g/mol. The topological polar surface area (TPSA) is 104 Å². The lowest BCUT2D eigenvalue weighted by Crippen LogP contribution is -2.29. The van der Waals surface area contributed by atoms with Crippen molar-refractivity contribution < 1.29 is 8.42 Å². The third-order valence-electron chi connectivity index (χ3n) is 1.65. The molecule has 0 radical (unpaired) electrons. The molecule has 14 heavy (non-hydrogen) atoms. The van der Waals surface area contributed by atoms with Gasteiger partial charge < -0.3 is 5.73 Å². The minimum atomic E-state index is -3.50. The molecular weight excluding hydrogens is 206 g/mol. The van der Waals surface area contributed by atoms with E-state index in [0.29, 0.717) is 11.4 Å². The molecule has 0 spiro atoms. The number of hydrogen-bond acceptors (Lipinski definition) is 4. The van der Waals surface area contributed by atoms with E-state index in [1.54, 1.807) is 0 Å². The Kier molecular flexibility index (Phi) is 3.09. The average Bonchev–Trinajstić information content (AvgIpc) is 2.50. The molecule has 0 atom stereocenters. The van der Waals surface area contributed by atoms with E-state index >= 15 is 0 Å². The van der Waals surface area contributed by atoms with E-state index in [-0.39, 0.29) is 6.54 Å². The lowest BCUT2D eigenvalue weighted by molar-refractivity contribution is 0.526. The first kappa shape index (κ1) is 11.0. The largest absolute Gasteiger partial charge is 0.326 e. The summed E-state index contributed by atoms with van der Waals surface area (Å²) >= 11 is 0. The van der Waals surface area contributed by atoms with E-state index in [9.17, 15) is 8.42 Å². The number of nitrogens with zero attached hydrogens (tertiary/aromatic N) is 2. The van der Waals surface area contributed by atoms with Gasteiger partial charge in [0.25, 0.3) is 0 Å². The maximum absolute atomic E-state index is 11.4. The molecule has 0 unspecified atom stereocenters. The molecule has 0 aliphatic carbocycles. The van der Waals surface area contributed by atoms with Crippen LogP contribution < -0.4 is 10.5 Å². The second-order valence-corrected chi connectivity index (χ2v) is 4.75. The third-order valence-corrected chi connectivity index (χ3v) is 3.07. The van der Waals surface area contributed by atoms with Gasteiger partial charge in [0.1, 0.15) is 5.82 Å². The fourth-order valence-electron chi connectivity index (χ4n) is 0.774. The smallest absolute Gasteiger partial charge is 0.302 e. The molecule has 0 aromatic carbocycles. The summed E-state index contributed by atoms with van der Waals surface area (Å²) in [4.78, 5) is 0. The van der Waals surface area contributed by atoms with Crippen molar-refractivity contribution in [2.75, 3.05) is 18.8 Å². The number of anilines is 1. The van der Waals surface area contributed by atoms with Crippen LogP contribution in [0, 0.1) is 0 Å². The summed E-state index contributed by atoms with van der Waals surface area (Å²) in [6, 6.07) is 0. The number of rotatable bonds is 4. The van der Waals surface area contributed by atoms with Crippen LogP contribution in [0.15, 0.2) is 6.20 Å². The summed E-state index contributed by atoms with van der Waals surface area (Å²) in [7, 11) is -0.634. The van der Waals surface area contributed by atoms with Crippen LogP contribution in [0.3, 0.4) is 0 Å². The highest BCUT2D eigenvalue weighted by Crippen LogP contribution is 2.12. The minimum Gasteiger partial charge on any atom is -0.326 e. The van der Waals surface area contributed by atoms with Crippen LogP contribution in [0.5, 0.6) is 0 Å². The summed E-state index contributed by atoms with van der Waals surface area (Å²) in [5, 5.41) is 6.21. The van der Waals surface area contributed by atoms with Crippen LogP contribution in [0.1, 0.15) is 5.56 Å². The van der Waals surface area contributed by atoms with Crippen LogP contribution in [0.25, 0.3) is 0 Å². The number of aromatic nitrogens is 2. The fraction of sp³-hybridized carbons (Fsp3) is 0.500. The van der Waals surface area contributed by atoms with Crippen LogP contribution in [0.4, 0.5) is 5.82 Å². The zero-order valence-corrected chi connectivity index (χ0v) is 8.80. The number of hydrogen-bond donors (Lipinski definition) is 3. The van der Waals surface area contributed by atoms with Gasteiger partial charge in [-0.3, -0.25) is 9.82 Å². The van der Waals surface area contributed by atoms with Crippen LogP contribution in [0.2, 0.25) is 0 Å². The second-order valence-electron chi connectivity index (χ2n) is 2.86. The Morgan fingerprint density at radius 1 is 1.64 bits per heavy atom. The van der Waals surface area contributed by atoms with Crippen LogP contribution in [-0.2, 0) is 16.8 Å². The number of aromatic amines is 1. The molecule has 1 heterocycles. The molecule has 7 nitrogen and oxygen atoms in total. The van der Waals surface area contributed by atoms with E-state index in [1.807, 2.05) is 0 Å². The van der Waals surface area contributed by atoms with Crippen molar-refractivity contribution in [1.29, 1.82) is 0 Å². The van der Waals surface area contributed by atoms with Gasteiger partial charge in [-0.25, -0.2) is 0 Å². The molecule has 4 N–H and O–H groups in total. The molecule has 1 rings (SSSR count). The normalized spacial score (nSPS) is 12.0. The van der Waals surface area contributed by atoms with Crippen molar-refractivity contribution in [3.05, 3.63) is 11.8 Å². The zero-order valence-electron chi connectivity index (χ0n) is 7.98. The van der Waals surface area contributed by atoms with Gasteiger partial charge in [0, 0.05) is 26.2 Å². The Morgan fingerprint density at radius 3 is 2.79 bits per heavy atom. The average molecular weight is 219 g/mol. The minimum absolute atomic E-state index is 0.224.